The van der Waals surface area contributed by atoms with Crippen molar-refractivity contribution in [3.63, 3.8) is 0 Å². The highest BCUT2D eigenvalue weighted by Crippen LogP contribution is 2.28. The van der Waals surface area contributed by atoms with Crippen LogP contribution in [0.2, 0.25) is 0 Å². The van der Waals surface area contributed by atoms with Gasteiger partial charge in [-0.15, -0.1) is 0 Å². The number of amides is 2. The van der Waals surface area contributed by atoms with E-state index in [1.165, 1.54) is 11.0 Å². The minimum Gasteiger partial charge on any atom is -0.269 e. The maximum atomic E-state index is 11.7. The van der Waals surface area contributed by atoms with Crippen molar-refractivity contribution in [2.45, 2.75) is 46.1 Å². The first-order valence-corrected chi connectivity index (χ1v) is 5.03. The molecule has 0 N–H and O–H groups in total. The third kappa shape index (κ3) is 1.47. The molecule has 0 bridgehead atoms. The van der Waals surface area contributed by atoms with Gasteiger partial charge in [0.2, 0.25) is 0 Å². The second kappa shape index (κ2) is 3.56. The van der Waals surface area contributed by atoms with E-state index in [4.69, 9.17) is 0 Å². The predicted molar refractivity (Wildman–Crippen MR) is 54.6 cm³/mol. The molecule has 0 aliphatic carbocycles. The first-order valence-electron chi connectivity index (χ1n) is 5.03. The third-order valence-electron chi connectivity index (χ3n) is 3.16. The highest BCUT2D eigenvalue weighted by molar-refractivity contribution is 6.16. The molecule has 1 heterocycles. The number of carbonyl (C=O) groups is 2. The van der Waals surface area contributed by atoms with Crippen LogP contribution in [-0.2, 0) is 9.59 Å². The molecule has 0 saturated carbocycles. The molecule has 0 aromatic rings. The molecule has 0 aromatic carbocycles. The van der Waals surface area contributed by atoms with E-state index in [1.54, 1.807) is 6.92 Å². The fourth-order valence-electron chi connectivity index (χ4n) is 1.67. The molecule has 1 rings (SSSR count). The maximum Gasteiger partial charge on any atom is 0.257 e. The highest BCUT2D eigenvalue weighted by atomic mass is 16.2. The van der Waals surface area contributed by atoms with Crippen LogP contribution in [0, 0.1) is 0 Å². The molecule has 0 spiro atoms. The molecule has 0 saturated heterocycles. The Kier molecular flexibility index (Phi) is 2.79. The molecular weight excluding hydrogens is 178 g/mol. The summed E-state index contributed by atoms with van der Waals surface area (Å²) in [6.45, 7) is 7.64. The predicted octanol–water partition coefficient (Wildman–Crippen LogP) is 1.88. The van der Waals surface area contributed by atoms with Gasteiger partial charge < -0.3 is 0 Å². The van der Waals surface area contributed by atoms with E-state index in [2.05, 4.69) is 0 Å². The molecule has 1 aliphatic heterocycles. The molecule has 0 atom stereocenters. The summed E-state index contributed by atoms with van der Waals surface area (Å²) in [5.74, 6) is -0.306. The summed E-state index contributed by atoms with van der Waals surface area (Å²) in [5, 5.41) is 0. The zero-order valence-corrected chi connectivity index (χ0v) is 9.26. The number of rotatable bonds is 3. The quantitative estimate of drug-likeness (QED) is 0.645. The summed E-state index contributed by atoms with van der Waals surface area (Å²) in [6.07, 6.45) is 3.01. The second-order valence-electron chi connectivity index (χ2n) is 4.01. The van der Waals surface area contributed by atoms with Gasteiger partial charge in [-0.1, -0.05) is 13.8 Å². The molecule has 14 heavy (non-hydrogen) atoms. The van der Waals surface area contributed by atoms with Crippen LogP contribution in [0.3, 0.4) is 0 Å². The van der Waals surface area contributed by atoms with Gasteiger partial charge >= 0.3 is 0 Å². The van der Waals surface area contributed by atoms with Crippen molar-refractivity contribution < 1.29 is 9.59 Å². The zero-order chi connectivity index (χ0) is 10.9. The average Bonchev–Trinajstić information content (AvgIpc) is 2.41. The Morgan fingerprint density at radius 3 is 2.07 bits per heavy atom. The van der Waals surface area contributed by atoms with Crippen LogP contribution in [0.15, 0.2) is 11.6 Å². The molecule has 1 aliphatic rings. The lowest BCUT2D eigenvalue weighted by Gasteiger charge is -2.35. The first kappa shape index (κ1) is 11.0. The van der Waals surface area contributed by atoms with E-state index in [9.17, 15) is 9.59 Å². The minimum absolute atomic E-state index is 0.138. The normalized spacial score (nSPS) is 17.7. The summed E-state index contributed by atoms with van der Waals surface area (Å²) >= 11 is 0. The molecule has 0 fully saturated rings. The van der Waals surface area contributed by atoms with E-state index in [-0.39, 0.29) is 17.4 Å². The van der Waals surface area contributed by atoms with Gasteiger partial charge in [-0.3, -0.25) is 14.5 Å². The summed E-state index contributed by atoms with van der Waals surface area (Å²) in [6, 6.07) is 0. The number of hydrogen-bond acceptors (Lipinski definition) is 2. The topological polar surface area (TPSA) is 37.4 Å². The Morgan fingerprint density at radius 1 is 1.29 bits per heavy atom. The molecule has 78 valence electrons. The van der Waals surface area contributed by atoms with Crippen molar-refractivity contribution in [3.05, 3.63) is 11.6 Å². The molecule has 3 heteroatoms. The molecule has 0 aromatic heterocycles. The molecule has 0 unspecified atom stereocenters. The van der Waals surface area contributed by atoms with E-state index in [1.807, 2.05) is 20.8 Å². The lowest BCUT2D eigenvalue weighted by molar-refractivity contribution is -0.144. The van der Waals surface area contributed by atoms with E-state index < -0.39 is 0 Å². The Hall–Kier alpha value is -1.12. The van der Waals surface area contributed by atoms with Crippen LogP contribution in [0.5, 0.6) is 0 Å². The van der Waals surface area contributed by atoms with Crippen molar-refractivity contribution in [2.75, 3.05) is 0 Å². The van der Waals surface area contributed by atoms with Crippen molar-refractivity contribution in [1.82, 2.24) is 4.90 Å². The van der Waals surface area contributed by atoms with Crippen LogP contribution in [0.1, 0.15) is 40.5 Å². The van der Waals surface area contributed by atoms with Crippen LogP contribution in [-0.4, -0.2) is 22.3 Å². The largest absolute Gasteiger partial charge is 0.269 e. The van der Waals surface area contributed by atoms with E-state index in [0.717, 1.165) is 12.8 Å². The van der Waals surface area contributed by atoms with Crippen LogP contribution >= 0.6 is 0 Å². The van der Waals surface area contributed by atoms with Crippen molar-refractivity contribution in [3.8, 4) is 0 Å². The van der Waals surface area contributed by atoms with Crippen LogP contribution in [0.25, 0.3) is 0 Å². The first-order chi connectivity index (χ1) is 6.46. The fraction of sp³-hybridized carbons (Fsp3) is 0.636. The fourth-order valence-corrected chi connectivity index (χ4v) is 1.67. The van der Waals surface area contributed by atoms with E-state index in [0.29, 0.717) is 5.57 Å². The number of imide groups is 1. The average molecular weight is 195 g/mol. The Morgan fingerprint density at radius 2 is 1.79 bits per heavy atom. The molecular formula is C11H17NO2. The Labute approximate surface area is 84.8 Å². The summed E-state index contributed by atoms with van der Waals surface area (Å²) in [7, 11) is 0. The highest BCUT2D eigenvalue weighted by Gasteiger charge is 2.40. The van der Waals surface area contributed by atoms with Crippen molar-refractivity contribution >= 4 is 11.8 Å². The maximum absolute atomic E-state index is 11.7. The Balaban J connectivity index is 3.01. The van der Waals surface area contributed by atoms with Gasteiger partial charge in [0.05, 0.1) is 0 Å². The van der Waals surface area contributed by atoms with Gasteiger partial charge in [0.15, 0.2) is 0 Å². The Bertz CT molecular complexity index is 300. The summed E-state index contributed by atoms with van der Waals surface area (Å²) in [4.78, 5) is 24.7. The monoisotopic (exact) mass is 195 g/mol. The molecule has 3 nitrogen and oxygen atoms in total. The van der Waals surface area contributed by atoms with Gasteiger partial charge in [0, 0.05) is 17.2 Å². The van der Waals surface area contributed by atoms with E-state index >= 15 is 0 Å². The van der Waals surface area contributed by atoms with Gasteiger partial charge in [0.25, 0.3) is 11.8 Å². The second-order valence-corrected chi connectivity index (χ2v) is 4.01. The minimum atomic E-state index is -0.331. The zero-order valence-electron chi connectivity index (χ0n) is 9.26. The van der Waals surface area contributed by atoms with Crippen LogP contribution in [0.4, 0.5) is 0 Å². The number of hydrogen-bond donors (Lipinski definition) is 0. The van der Waals surface area contributed by atoms with Crippen LogP contribution < -0.4 is 0 Å². The van der Waals surface area contributed by atoms with Gasteiger partial charge in [0.1, 0.15) is 0 Å². The lowest BCUT2D eigenvalue weighted by Crippen LogP contribution is -2.49. The third-order valence-corrected chi connectivity index (χ3v) is 3.16. The number of carbonyl (C=O) groups excluding carboxylic acids is 2. The molecule has 0 radical (unpaired) electrons. The summed E-state index contributed by atoms with van der Waals surface area (Å²) < 4.78 is 0. The lowest BCUT2D eigenvalue weighted by atomic mass is 9.93. The number of nitrogens with zero attached hydrogens (tertiary/aromatic N) is 1. The van der Waals surface area contributed by atoms with Crippen molar-refractivity contribution in [2.24, 2.45) is 0 Å². The van der Waals surface area contributed by atoms with Crippen molar-refractivity contribution in [1.29, 1.82) is 0 Å². The van der Waals surface area contributed by atoms with Gasteiger partial charge in [-0.05, 0) is 26.7 Å². The SMILES string of the molecule is CCC(C)(CC)N1C(=O)C=C(C)C1=O. The molecule has 2 amide bonds. The van der Waals surface area contributed by atoms with Gasteiger partial charge in [-0.2, -0.15) is 0 Å². The van der Waals surface area contributed by atoms with Gasteiger partial charge in [-0.25, -0.2) is 0 Å². The standard InChI is InChI=1S/C11H17NO2/c1-5-11(4,6-2)12-9(13)7-8(3)10(12)14/h7H,5-6H2,1-4H3. The summed E-state index contributed by atoms with van der Waals surface area (Å²) in [5.41, 5.74) is 0.214. The smallest absolute Gasteiger partial charge is 0.257 e.